The molecule has 0 radical (unpaired) electrons. The third kappa shape index (κ3) is 4.20. The summed E-state index contributed by atoms with van der Waals surface area (Å²) in [6.07, 6.45) is 1.47. The number of anilines is 2. The summed E-state index contributed by atoms with van der Waals surface area (Å²) in [5.41, 5.74) is 0. The molecule has 1 amide bonds. The standard InChI is InChI=1S/C14H19N5O2/c1-10-17-12(9-13(18-10)19(2)3)15-6-7-16-14(20)11-5-4-8-21-11/h4-5,8-9H,6-7H2,1-3H3,(H,16,20)(H,15,17,18). The van der Waals surface area contributed by atoms with Crippen molar-refractivity contribution in [1.29, 1.82) is 0 Å². The second-order valence-electron chi connectivity index (χ2n) is 4.71. The third-order valence-electron chi connectivity index (χ3n) is 2.74. The Morgan fingerprint density at radius 2 is 2.14 bits per heavy atom. The second-order valence-corrected chi connectivity index (χ2v) is 4.71. The zero-order chi connectivity index (χ0) is 15.2. The number of furan rings is 1. The van der Waals surface area contributed by atoms with Crippen LogP contribution < -0.4 is 15.5 Å². The van der Waals surface area contributed by atoms with Gasteiger partial charge in [0.2, 0.25) is 0 Å². The van der Waals surface area contributed by atoms with Gasteiger partial charge in [0.1, 0.15) is 17.5 Å². The van der Waals surface area contributed by atoms with Crippen LogP contribution in [0.5, 0.6) is 0 Å². The fourth-order valence-corrected chi connectivity index (χ4v) is 1.73. The summed E-state index contributed by atoms with van der Waals surface area (Å²) in [5, 5.41) is 5.92. The Hall–Kier alpha value is -2.57. The molecule has 2 aromatic rings. The van der Waals surface area contributed by atoms with E-state index in [9.17, 15) is 4.79 Å². The molecule has 0 fully saturated rings. The molecule has 2 aromatic heterocycles. The summed E-state index contributed by atoms with van der Waals surface area (Å²) in [6, 6.07) is 5.17. The van der Waals surface area contributed by atoms with Crippen LogP contribution in [0.15, 0.2) is 28.9 Å². The molecule has 0 saturated carbocycles. The fraction of sp³-hybridized carbons (Fsp3) is 0.357. The SMILES string of the molecule is Cc1nc(NCCNC(=O)c2ccco2)cc(N(C)C)n1. The van der Waals surface area contributed by atoms with Crippen molar-refractivity contribution in [3.8, 4) is 0 Å². The maximum atomic E-state index is 11.6. The average molecular weight is 289 g/mol. The van der Waals surface area contributed by atoms with Gasteiger partial charge in [0.15, 0.2) is 5.76 Å². The van der Waals surface area contributed by atoms with E-state index in [1.54, 1.807) is 12.1 Å². The predicted octanol–water partition coefficient (Wildman–Crippen LogP) is 1.29. The molecule has 0 aliphatic rings. The van der Waals surface area contributed by atoms with Crippen LogP contribution in [0.25, 0.3) is 0 Å². The number of carbonyl (C=O) groups is 1. The molecule has 2 heterocycles. The second kappa shape index (κ2) is 6.74. The molecule has 0 saturated heterocycles. The predicted molar refractivity (Wildman–Crippen MR) is 80.6 cm³/mol. The smallest absolute Gasteiger partial charge is 0.287 e. The zero-order valence-electron chi connectivity index (χ0n) is 12.4. The Bertz CT molecular complexity index is 595. The van der Waals surface area contributed by atoms with E-state index in [4.69, 9.17) is 4.42 Å². The Morgan fingerprint density at radius 1 is 1.33 bits per heavy atom. The minimum atomic E-state index is -0.227. The number of nitrogens with one attached hydrogen (secondary N) is 2. The Kier molecular flexibility index (Phi) is 4.76. The van der Waals surface area contributed by atoms with Crippen LogP contribution in [0.1, 0.15) is 16.4 Å². The van der Waals surface area contributed by atoms with Gasteiger partial charge in [0, 0.05) is 33.3 Å². The molecule has 0 aromatic carbocycles. The van der Waals surface area contributed by atoms with Gasteiger partial charge in [-0.3, -0.25) is 4.79 Å². The molecule has 2 rings (SSSR count). The van der Waals surface area contributed by atoms with Gasteiger partial charge in [0.25, 0.3) is 5.91 Å². The highest BCUT2D eigenvalue weighted by Gasteiger charge is 2.07. The Morgan fingerprint density at radius 3 is 2.81 bits per heavy atom. The zero-order valence-corrected chi connectivity index (χ0v) is 12.4. The normalized spacial score (nSPS) is 10.2. The number of aromatic nitrogens is 2. The molecule has 112 valence electrons. The fourth-order valence-electron chi connectivity index (χ4n) is 1.73. The van der Waals surface area contributed by atoms with Crippen molar-refractivity contribution < 1.29 is 9.21 Å². The van der Waals surface area contributed by atoms with Crippen LogP contribution in [0.3, 0.4) is 0 Å². The number of hydrogen-bond donors (Lipinski definition) is 2. The monoisotopic (exact) mass is 289 g/mol. The van der Waals surface area contributed by atoms with Gasteiger partial charge >= 0.3 is 0 Å². The molecule has 0 aliphatic heterocycles. The van der Waals surface area contributed by atoms with E-state index < -0.39 is 0 Å². The molecular formula is C14H19N5O2. The Balaban J connectivity index is 1.82. The third-order valence-corrected chi connectivity index (χ3v) is 2.74. The molecule has 0 bridgehead atoms. The highest BCUT2D eigenvalue weighted by Crippen LogP contribution is 2.12. The van der Waals surface area contributed by atoms with E-state index in [-0.39, 0.29) is 5.91 Å². The number of hydrogen-bond acceptors (Lipinski definition) is 6. The van der Waals surface area contributed by atoms with Crippen molar-refractivity contribution >= 4 is 17.5 Å². The molecule has 0 atom stereocenters. The van der Waals surface area contributed by atoms with Gasteiger partial charge in [-0.05, 0) is 19.1 Å². The molecule has 7 nitrogen and oxygen atoms in total. The summed E-state index contributed by atoms with van der Waals surface area (Å²) >= 11 is 0. The number of aryl methyl sites for hydroxylation is 1. The van der Waals surface area contributed by atoms with Crippen LogP contribution in [-0.4, -0.2) is 43.1 Å². The molecule has 0 spiro atoms. The largest absolute Gasteiger partial charge is 0.459 e. The van der Waals surface area contributed by atoms with E-state index in [1.165, 1.54) is 6.26 Å². The van der Waals surface area contributed by atoms with Gasteiger partial charge in [-0.2, -0.15) is 0 Å². The first-order chi connectivity index (χ1) is 10.1. The highest BCUT2D eigenvalue weighted by molar-refractivity contribution is 5.91. The minimum absolute atomic E-state index is 0.227. The number of rotatable bonds is 6. The molecule has 21 heavy (non-hydrogen) atoms. The van der Waals surface area contributed by atoms with E-state index >= 15 is 0 Å². The summed E-state index contributed by atoms with van der Waals surface area (Å²) in [6.45, 7) is 2.88. The summed E-state index contributed by atoms with van der Waals surface area (Å²) < 4.78 is 5.01. The van der Waals surface area contributed by atoms with Crippen molar-refractivity contribution in [2.24, 2.45) is 0 Å². The molecule has 7 heteroatoms. The van der Waals surface area contributed by atoms with Gasteiger partial charge < -0.3 is 20.0 Å². The minimum Gasteiger partial charge on any atom is -0.459 e. The maximum Gasteiger partial charge on any atom is 0.287 e. The van der Waals surface area contributed by atoms with Crippen LogP contribution in [0, 0.1) is 6.92 Å². The number of amides is 1. The van der Waals surface area contributed by atoms with E-state index in [0.717, 1.165) is 11.6 Å². The van der Waals surface area contributed by atoms with Crippen molar-refractivity contribution in [3.05, 3.63) is 36.0 Å². The lowest BCUT2D eigenvalue weighted by Gasteiger charge is -2.14. The Labute approximate surface area is 123 Å². The van der Waals surface area contributed by atoms with Crippen LogP contribution in [-0.2, 0) is 0 Å². The molecule has 2 N–H and O–H groups in total. The number of carbonyl (C=O) groups excluding carboxylic acids is 1. The maximum absolute atomic E-state index is 11.6. The summed E-state index contributed by atoms with van der Waals surface area (Å²) in [7, 11) is 3.85. The average Bonchev–Trinajstić information content (AvgIpc) is 2.97. The highest BCUT2D eigenvalue weighted by atomic mass is 16.3. The van der Waals surface area contributed by atoms with Crippen LogP contribution in [0.4, 0.5) is 11.6 Å². The number of nitrogens with zero attached hydrogens (tertiary/aromatic N) is 3. The van der Waals surface area contributed by atoms with Crippen LogP contribution in [0.2, 0.25) is 0 Å². The van der Waals surface area contributed by atoms with Crippen molar-refractivity contribution in [2.45, 2.75) is 6.92 Å². The van der Waals surface area contributed by atoms with E-state index in [2.05, 4.69) is 20.6 Å². The van der Waals surface area contributed by atoms with Gasteiger partial charge in [0.05, 0.1) is 6.26 Å². The lowest BCUT2D eigenvalue weighted by atomic mass is 10.4. The lowest BCUT2D eigenvalue weighted by Crippen LogP contribution is -2.28. The van der Waals surface area contributed by atoms with Crippen molar-refractivity contribution in [1.82, 2.24) is 15.3 Å². The molecular weight excluding hydrogens is 270 g/mol. The van der Waals surface area contributed by atoms with E-state index in [0.29, 0.717) is 24.7 Å². The molecule has 0 unspecified atom stereocenters. The lowest BCUT2D eigenvalue weighted by molar-refractivity contribution is 0.0927. The van der Waals surface area contributed by atoms with Gasteiger partial charge in [-0.25, -0.2) is 9.97 Å². The first-order valence-corrected chi connectivity index (χ1v) is 6.65. The van der Waals surface area contributed by atoms with Gasteiger partial charge in [-0.15, -0.1) is 0 Å². The molecule has 0 aliphatic carbocycles. The summed E-state index contributed by atoms with van der Waals surface area (Å²) in [4.78, 5) is 22.2. The van der Waals surface area contributed by atoms with Crippen molar-refractivity contribution in [3.63, 3.8) is 0 Å². The quantitative estimate of drug-likeness (QED) is 0.780. The van der Waals surface area contributed by atoms with Crippen molar-refractivity contribution in [2.75, 3.05) is 37.4 Å². The van der Waals surface area contributed by atoms with E-state index in [1.807, 2.05) is 32.0 Å². The first kappa shape index (κ1) is 14.8. The van der Waals surface area contributed by atoms with Gasteiger partial charge in [-0.1, -0.05) is 0 Å². The first-order valence-electron chi connectivity index (χ1n) is 6.65. The summed E-state index contributed by atoms with van der Waals surface area (Å²) in [5.74, 6) is 2.35. The topological polar surface area (TPSA) is 83.3 Å². The van der Waals surface area contributed by atoms with Crippen LogP contribution >= 0.6 is 0 Å².